The van der Waals surface area contributed by atoms with Crippen molar-refractivity contribution in [3.8, 4) is 0 Å². The van der Waals surface area contributed by atoms with Crippen LogP contribution in [0.4, 0.5) is 5.69 Å². The fraction of sp³-hybridized carbons (Fsp3) is 0.562. The smallest absolute Gasteiger partial charge is 0.173 e. The maximum atomic E-state index is 5.61. The number of thiocarbonyl (C=S) groups is 1. The normalized spacial score (nSPS) is 18.6. The third-order valence-electron chi connectivity index (χ3n) is 3.69. The Balaban J connectivity index is 2.03. The van der Waals surface area contributed by atoms with Crippen LogP contribution in [-0.2, 0) is 0 Å². The number of nitrogens with one attached hydrogen (secondary N) is 1. The molecule has 3 nitrogen and oxygen atoms in total. The van der Waals surface area contributed by atoms with E-state index < -0.39 is 0 Å². The number of aryl methyl sites for hydroxylation is 2. The Labute approximate surface area is 128 Å². The van der Waals surface area contributed by atoms with Crippen LogP contribution >= 0.6 is 12.2 Å². The molecule has 1 aliphatic heterocycles. The highest BCUT2D eigenvalue weighted by atomic mass is 32.1. The fourth-order valence-corrected chi connectivity index (χ4v) is 3.31. The summed E-state index contributed by atoms with van der Waals surface area (Å²) < 4.78 is 0. The summed E-state index contributed by atoms with van der Waals surface area (Å²) in [7, 11) is 4.24. The zero-order valence-electron chi connectivity index (χ0n) is 12.9. The lowest BCUT2D eigenvalue weighted by Gasteiger charge is -2.29. The van der Waals surface area contributed by atoms with Crippen LogP contribution < -0.4 is 5.32 Å². The van der Waals surface area contributed by atoms with Crippen LogP contribution in [-0.4, -0.2) is 48.1 Å². The van der Waals surface area contributed by atoms with Crippen molar-refractivity contribution in [3.05, 3.63) is 29.3 Å². The molecule has 20 heavy (non-hydrogen) atoms. The Bertz CT molecular complexity index is 464. The molecule has 0 spiro atoms. The Morgan fingerprint density at radius 3 is 2.55 bits per heavy atom. The van der Waals surface area contributed by atoms with Crippen LogP contribution in [0.3, 0.4) is 0 Å². The van der Waals surface area contributed by atoms with Crippen molar-refractivity contribution in [2.45, 2.75) is 32.7 Å². The first-order valence-electron chi connectivity index (χ1n) is 7.26. The maximum absolute atomic E-state index is 5.61. The van der Waals surface area contributed by atoms with Gasteiger partial charge in [-0.2, -0.15) is 0 Å². The lowest BCUT2D eigenvalue weighted by Crippen LogP contribution is -2.43. The van der Waals surface area contributed by atoms with E-state index in [2.05, 4.69) is 61.3 Å². The molecule has 1 fully saturated rings. The minimum absolute atomic E-state index is 0.538. The van der Waals surface area contributed by atoms with E-state index in [1.165, 1.54) is 24.0 Å². The second-order valence-electron chi connectivity index (χ2n) is 6.06. The summed E-state index contributed by atoms with van der Waals surface area (Å²) >= 11 is 5.61. The molecule has 2 rings (SSSR count). The van der Waals surface area contributed by atoms with Crippen LogP contribution in [0, 0.1) is 13.8 Å². The van der Waals surface area contributed by atoms with Gasteiger partial charge < -0.3 is 15.1 Å². The van der Waals surface area contributed by atoms with E-state index in [-0.39, 0.29) is 0 Å². The molecule has 0 aromatic heterocycles. The molecule has 1 saturated heterocycles. The second-order valence-corrected chi connectivity index (χ2v) is 6.44. The number of anilines is 1. The van der Waals surface area contributed by atoms with E-state index in [1.807, 2.05) is 0 Å². The van der Waals surface area contributed by atoms with E-state index >= 15 is 0 Å². The molecule has 1 heterocycles. The molecule has 1 atom stereocenters. The first-order chi connectivity index (χ1) is 9.45. The molecule has 0 amide bonds. The minimum Gasteiger partial charge on any atom is -0.345 e. The topological polar surface area (TPSA) is 18.5 Å². The van der Waals surface area contributed by atoms with Crippen molar-refractivity contribution in [3.63, 3.8) is 0 Å². The van der Waals surface area contributed by atoms with E-state index in [9.17, 15) is 0 Å². The van der Waals surface area contributed by atoms with E-state index in [4.69, 9.17) is 12.2 Å². The number of hydrogen-bond acceptors (Lipinski definition) is 2. The van der Waals surface area contributed by atoms with Gasteiger partial charge >= 0.3 is 0 Å². The number of rotatable bonds is 3. The highest BCUT2D eigenvalue weighted by molar-refractivity contribution is 7.80. The molecular formula is C16H25N3S. The predicted molar refractivity (Wildman–Crippen MR) is 90.4 cm³/mol. The first-order valence-corrected chi connectivity index (χ1v) is 7.67. The molecule has 0 aliphatic carbocycles. The number of likely N-dealkylation sites (tertiary alicyclic amines) is 1. The predicted octanol–water partition coefficient (Wildman–Crippen LogP) is 3.03. The van der Waals surface area contributed by atoms with Gasteiger partial charge in [0, 0.05) is 24.8 Å². The summed E-state index contributed by atoms with van der Waals surface area (Å²) in [4.78, 5) is 4.58. The van der Waals surface area contributed by atoms with Gasteiger partial charge in [0.2, 0.25) is 0 Å². The average molecular weight is 291 g/mol. The molecule has 110 valence electrons. The van der Waals surface area contributed by atoms with Gasteiger partial charge in [-0.15, -0.1) is 0 Å². The van der Waals surface area contributed by atoms with Crippen molar-refractivity contribution in [2.75, 3.05) is 32.5 Å². The van der Waals surface area contributed by atoms with Crippen LogP contribution in [0.25, 0.3) is 0 Å². The van der Waals surface area contributed by atoms with Gasteiger partial charge in [0.1, 0.15) is 0 Å². The molecule has 0 saturated carbocycles. The summed E-state index contributed by atoms with van der Waals surface area (Å²) in [5, 5.41) is 4.27. The van der Waals surface area contributed by atoms with Gasteiger partial charge in [-0.1, -0.05) is 6.07 Å². The third kappa shape index (κ3) is 3.93. The second kappa shape index (κ2) is 6.55. The largest absolute Gasteiger partial charge is 0.345 e. The van der Waals surface area contributed by atoms with Gasteiger partial charge in [-0.3, -0.25) is 0 Å². The molecule has 1 aliphatic rings. The summed E-state index contributed by atoms with van der Waals surface area (Å²) in [6.07, 6.45) is 2.46. The third-order valence-corrected chi connectivity index (χ3v) is 4.02. The molecule has 1 unspecified atom stereocenters. The molecule has 4 heteroatoms. The van der Waals surface area contributed by atoms with Gasteiger partial charge in [0.25, 0.3) is 0 Å². The summed E-state index contributed by atoms with van der Waals surface area (Å²) in [5.74, 6) is 0. The summed E-state index contributed by atoms with van der Waals surface area (Å²) in [6, 6.07) is 7.02. The van der Waals surface area contributed by atoms with E-state index in [0.29, 0.717) is 6.04 Å². The van der Waals surface area contributed by atoms with E-state index in [1.54, 1.807) is 0 Å². The maximum Gasteiger partial charge on any atom is 0.173 e. The fourth-order valence-electron chi connectivity index (χ4n) is 2.96. The molecule has 1 aromatic carbocycles. The Morgan fingerprint density at radius 1 is 1.30 bits per heavy atom. The van der Waals surface area contributed by atoms with Crippen molar-refractivity contribution < 1.29 is 0 Å². The van der Waals surface area contributed by atoms with E-state index in [0.717, 1.165) is 23.9 Å². The van der Waals surface area contributed by atoms with Crippen molar-refractivity contribution >= 4 is 23.0 Å². The highest BCUT2D eigenvalue weighted by Crippen LogP contribution is 2.20. The molecule has 0 radical (unpaired) electrons. The molecular weight excluding hydrogens is 266 g/mol. The monoisotopic (exact) mass is 291 g/mol. The van der Waals surface area contributed by atoms with Crippen molar-refractivity contribution in [1.82, 2.24) is 9.80 Å². The zero-order valence-corrected chi connectivity index (χ0v) is 13.8. The number of nitrogens with zero attached hydrogens (tertiary/aromatic N) is 2. The quantitative estimate of drug-likeness (QED) is 0.863. The summed E-state index contributed by atoms with van der Waals surface area (Å²) in [6.45, 7) is 6.36. The average Bonchev–Trinajstić information content (AvgIpc) is 2.74. The number of likely N-dealkylation sites (N-methyl/N-ethyl adjacent to an activating group) is 1. The van der Waals surface area contributed by atoms with Gasteiger partial charge in [0.15, 0.2) is 5.11 Å². The van der Waals surface area contributed by atoms with Gasteiger partial charge in [-0.05, 0) is 76.3 Å². The van der Waals surface area contributed by atoms with Crippen LogP contribution in [0.1, 0.15) is 24.0 Å². The highest BCUT2D eigenvalue weighted by Gasteiger charge is 2.26. The minimum atomic E-state index is 0.538. The molecule has 1 aromatic rings. The lowest BCUT2D eigenvalue weighted by molar-refractivity contribution is 0.288. The van der Waals surface area contributed by atoms with Crippen molar-refractivity contribution in [1.29, 1.82) is 0 Å². The van der Waals surface area contributed by atoms with Crippen LogP contribution in [0.15, 0.2) is 18.2 Å². The van der Waals surface area contributed by atoms with Crippen molar-refractivity contribution in [2.24, 2.45) is 0 Å². The number of benzene rings is 1. The summed E-state index contributed by atoms with van der Waals surface area (Å²) in [5.41, 5.74) is 3.63. The first kappa shape index (κ1) is 15.3. The lowest BCUT2D eigenvalue weighted by atomic mass is 10.1. The number of hydrogen-bond donors (Lipinski definition) is 1. The SMILES string of the molecule is Cc1cc(C)cc(NC(=S)N2CCCC2CN(C)C)c1. The van der Waals surface area contributed by atoms with Crippen LogP contribution in [0.2, 0.25) is 0 Å². The Kier molecular flexibility index (Phi) is 5.00. The van der Waals surface area contributed by atoms with Gasteiger partial charge in [0.05, 0.1) is 0 Å². The molecule has 1 N–H and O–H groups in total. The van der Waals surface area contributed by atoms with Gasteiger partial charge in [-0.25, -0.2) is 0 Å². The van der Waals surface area contributed by atoms with Crippen LogP contribution in [0.5, 0.6) is 0 Å². The Hall–Kier alpha value is -1.13. The standard InChI is InChI=1S/C16H25N3S/c1-12-8-13(2)10-14(9-12)17-16(20)19-7-5-6-15(19)11-18(3)4/h8-10,15H,5-7,11H2,1-4H3,(H,17,20). The Morgan fingerprint density at radius 2 is 1.95 bits per heavy atom. The zero-order chi connectivity index (χ0) is 14.7. The molecule has 0 bridgehead atoms.